The first-order valence-electron chi connectivity index (χ1n) is 10.3. The predicted octanol–water partition coefficient (Wildman–Crippen LogP) is 3.96. The minimum Gasteiger partial charge on any atom is -0.457 e. The standard InChI is InChI=1S/C22H31NO3/c1-3-15(2)21(24)26-14-25-17-8-7-16-12-20-18-6-4-5-9-22(18,10-11-23-20)19(16)13-17/h7-8,13,15,18,20,23H,3-6,9-12,14H2,1-2H3/t15?,18-,20+,22+/m0/s1. The fraction of sp³-hybridized carbons (Fsp3) is 0.682. The number of hydrogen-bond acceptors (Lipinski definition) is 4. The van der Waals surface area contributed by atoms with Gasteiger partial charge < -0.3 is 14.8 Å². The maximum Gasteiger partial charge on any atom is 0.311 e. The third-order valence-electron chi connectivity index (χ3n) is 7.06. The number of benzene rings is 1. The number of rotatable bonds is 5. The number of hydrogen-bond donors (Lipinski definition) is 1. The highest BCUT2D eigenvalue weighted by atomic mass is 16.7. The second-order valence-electron chi connectivity index (χ2n) is 8.38. The molecule has 0 aromatic heterocycles. The summed E-state index contributed by atoms with van der Waals surface area (Å²) in [4.78, 5) is 11.8. The molecule has 3 aliphatic rings. The van der Waals surface area contributed by atoms with Crippen molar-refractivity contribution in [2.45, 2.75) is 70.3 Å². The molecular formula is C22H31NO3. The van der Waals surface area contributed by atoms with Crippen LogP contribution in [0, 0.1) is 11.8 Å². The van der Waals surface area contributed by atoms with Crippen molar-refractivity contribution >= 4 is 5.97 Å². The zero-order chi connectivity index (χ0) is 18.1. The summed E-state index contributed by atoms with van der Waals surface area (Å²) in [5.41, 5.74) is 3.31. The van der Waals surface area contributed by atoms with Crippen LogP contribution in [0.15, 0.2) is 18.2 Å². The van der Waals surface area contributed by atoms with Gasteiger partial charge in [-0.1, -0.05) is 32.8 Å². The van der Waals surface area contributed by atoms with Crippen molar-refractivity contribution in [2.24, 2.45) is 11.8 Å². The molecule has 1 aliphatic heterocycles. The van der Waals surface area contributed by atoms with Crippen LogP contribution in [0.25, 0.3) is 0 Å². The largest absolute Gasteiger partial charge is 0.457 e. The van der Waals surface area contributed by atoms with Crippen LogP contribution in [0.3, 0.4) is 0 Å². The average Bonchev–Trinajstić information content (AvgIpc) is 2.67. The van der Waals surface area contributed by atoms with Crippen molar-refractivity contribution in [3.05, 3.63) is 29.3 Å². The third kappa shape index (κ3) is 3.02. The Balaban J connectivity index is 1.52. The Morgan fingerprint density at radius 1 is 1.35 bits per heavy atom. The Labute approximate surface area is 156 Å². The van der Waals surface area contributed by atoms with Gasteiger partial charge in [-0.05, 0) is 67.8 Å². The Kier molecular flexibility index (Phi) is 4.96. The van der Waals surface area contributed by atoms with Crippen molar-refractivity contribution < 1.29 is 14.3 Å². The van der Waals surface area contributed by atoms with Crippen LogP contribution >= 0.6 is 0 Å². The molecule has 1 N–H and O–H groups in total. The van der Waals surface area contributed by atoms with Gasteiger partial charge in [-0.3, -0.25) is 4.79 Å². The van der Waals surface area contributed by atoms with E-state index in [2.05, 4.69) is 17.4 Å². The van der Waals surface area contributed by atoms with Gasteiger partial charge in [0, 0.05) is 11.5 Å². The molecule has 4 heteroatoms. The van der Waals surface area contributed by atoms with Gasteiger partial charge in [0.05, 0.1) is 5.92 Å². The van der Waals surface area contributed by atoms with Gasteiger partial charge in [-0.15, -0.1) is 0 Å². The van der Waals surface area contributed by atoms with Gasteiger partial charge in [0.2, 0.25) is 6.79 Å². The molecule has 1 saturated carbocycles. The first-order chi connectivity index (χ1) is 12.6. The summed E-state index contributed by atoms with van der Waals surface area (Å²) >= 11 is 0. The molecule has 1 saturated heterocycles. The summed E-state index contributed by atoms with van der Waals surface area (Å²) < 4.78 is 11.1. The molecule has 0 radical (unpaired) electrons. The van der Waals surface area contributed by atoms with Gasteiger partial charge in [0.1, 0.15) is 5.75 Å². The Bertz CT molecular complexity index is 669. The first kappa shape index (κ1) is 17.8. The molecule has 2 bridgehead atoms. The predicted molar refractivity (Wildman–Crippen MR) is 101 cm³/mol. The van der Waals surface area contributed by atoms with Crippen LogP contribution in [-0.2, 0) is 21.4 Å². The maximum atomic E-state index is 11.8. The second-order valence-corrected chi connectivity index (χ2v) is 8.38. The van der Waals surface area contributed by atoms with E-state index in [9.17, 15) is 4.79 Å². The van der Waals surface area contributed by atoms with E-state index < -0.39 is 0 Å². The molecule has 2 aliphatic carbocycles. The zero-order valence-corrected chi connectivity index (χ0v) is 16.1. The smallest absolute Gasteiger partial charge is 0.311 e. The van der Waals surface area contributed by atoms with Crippen LogP contribution in [0.1, 0.15) is 63.5 Å². The van der Waals surface area contributed by atoms with E-state index in [4.69, 9.17) is 9.47 Å². The Morgan fingerprint density at radius 2 is 2.23 bits per heavy atom. The zero-order valence-electron chi connectivity index (χ0n) is 16.1. The quantitative estimate of drug-likeness (QED) is 0.640. The number of piperidine rings is 1. The summed E-state index contributed by atoms with van der Waals surface area (Å²) in [6.45, 7) is 5.00. The van der Waals surface area contributed by atoms with Crippen LogP contribution in [0.5, 0.6) is 5.75 Å². The van der Waals surface area contributed by atoms with E-state index in [1.54, 1.807) is 0 Å². The second kappa shape index (κ2) is 7.22. The molecule has 1 aromatic carbocycles. The van der Waals surface area contributed by atoms with Crippen LogP contribution in [0.4, 0.5) is 0 Å². The lowest BCUT2D eigenvalue weighted by Crippen LogP contribution is -2.59. The highest BCUT2D eigenvalue weighted by Gasteiger charge is 2.51. The Morgan fingerprint density at radius 3 is 3.08 bits per heavy atom. The molecular weight excluding hydrogens is 326 g/mol. The molecule has 1 heterocycles. The van der Waals surface area contributed by atoms with E-state index in [1.807, 2.05) is 19.9 Å². The van der Waals surface area contributed by atoms with E-state index in [1.165, 1.54) is 43.2 Å². The monoisotopic (exact) mass is 357 g/mol. The van der Waals surface area contributed by atoms with Crippen molar-refractivity contribution in [1.82, 2.24) is 5.32 Å². The lowest BCUT2D eigenvalue weighted by molar-refractivity contribution is -0.154. The highest BCUT2D eigenvalue weighted by Crippen LogP contribution is 2.54. The molecule has 1 unspecified atom stereocenters. The fourth-order valence-corrected chi connectivity index (χ4v) is 5.46. The van der Waals surface area contributed by atoms with E-state index in [-0.39, 0.29) is 18.7 Å². The topological polar surface area (TPSA) is 47.6 Å². The number of ether oxygens (including phenoxy) is 2. The lowest BCUT2D eigenvalue weighted by Gasteiger charge is -2.56. The van der Waals surface area contributed by atoms with Crippen molar-refractivity contribution in [1.29, 1.82) is 0 Å². The highest BCUT2D eigenvalue weighted by molar-refractivity contribution is 5.71. The molecule has 4 atom stereocenters. The number of carbonyl (C=O) groups excluding carboxylic acids is 1. The minimum atomic E-state index is -0.183. The Hall–Kier alpha value is -1.55. The summed E-state index contributed by atoms with van der Waals surface area (Å²) in [5, 5.41) is 3.77. The summed E-state index contributed by atoms with van der Waals surface area (Å²) in [6, 6.07) is 7.14. The van der Waals surface area contributed by atoms with Gasteiger partial charge >= 0.3 is 5.97 Å². The summed E-state index contributed by atoms with van der Waals surface area (Å²) in [5.74, 6) is 1.33. The summed E-state index contributed by atoms with van der Waals surface area (Å²) in [7, 11) is 0. The molecule has 4 rings (SSSR count). The summed E-state index contributed by atoms with van der Waals surface area (Å²) in [6.07, 6.45) is 8.49. The van der Waals surface area contributed by atoms with E-state index >= 15 is 0 Å². The van der Waals surface area contributed by atoms with Crippen LogP contribution in [0.2, 0.25) is 0 Å². The molecule has 4 nitrogen and oxygen atoms in total. The molecule has 0 spiro atoms. The van der Waals surface area contributed by atoms with Crippen LogP contribution in [-0.4, -0.2) is 25.3 Å². The normalized spacial score (nSPS) is 30.7. The average molecular weight is 357 g/mol. The van der Waals surface area contributed by atoms with Gasteiger partial charge in [0.25, 0.3) is 0 Å². The number of esters is 1. The van der Waals surface area contributed by atoms with Crippen molar-refractivity contribution in [2.75, 3.05) is 13.3 Å². The molecule has 26 heavy (non-hydrogen) atoms. The van der Waals surface area contributed by atoms with Crippen molar-refractivity contribution in [3.8, 4) is 5.75 Å². The van der Waals surface area contributed by atoms with E-state index in [0.29, 0.717) is 11.5 Å². The fourth-order valence-electron chi connectivity index (χ4n) is 5.46. The molecule has 142 valence electrons. The van der Waals surface area contributed by atoms with Gasteiger partial charge in [-0.25, -0.2) is 0 Å². The van der Waals surface area contributed by atoms with Gasteiger partial charge in [-0.2, -0.15) is 0 Å². The maximum absolute atomic E-state index is 11.8. The molecule has 0 amide bonds. The molecule has 1 aromatic rings. The van der Waals surface area contributed by atoms with Crippen LogP contribution < -0.4 is 10.1 Å². The number of nitrogens with one attached hydrogen (secondary N) is 1. The minimum absolute atomic E-state index is 0.00255. The lowest BCUT2D eigenvalue weighted by atomic mass is 9.53. The van der Waals surface area contributed by atoms with Crippen molar-refractivity contribution in [3.63, 3.8) is 0 Å². The van der Waals surface area contributed by atoms with Gasteiger partial charge in [0.15, 0.2) is 0 Å². The SMILES string of the molecule is CCC(C)C(=O)OCOc1ccc2c(c1)[C@@]13CCCC[C@H]1[C@@H](C2)NCC3. The molecule has 2 fully saturated rings. The third-order valence-corrected chi connectivity index (χ3v) is 7.06. The first-order valence-corrected chi connectivity index (χ1v) is 10.3. The number of fused-ring (bicyclic) bond motifs is 1. The van der Waals surface area contributed by atoms with E-state index in [0.717, 1.165) is 31.1 Å². The number of carbonyl (C=O) groups is 1.